The molecule has 1 heterocycles. The highest BCUT2D eigenvalue weighted by molar-refractivity contribution is 5.87. The summed E-state index contributed by atoms with van der Waals surface area (Å²) in [5, 5.41) is 0. The monoisotopic (exact) mass is 337 g/mol. The molecular formula is C21H23NO3. The molecule has 0 atom stereocenters. The van der Waals surface area contributed by atoms with Crippen molar-refractivity contribution in [2.75, 3.05) is 20.2 Å². The van der Waals surface area contributed by atoms with Crippen LogP contribution >= 0.6 is 0 Å². The fourth-order valence-electron chi connectivity index (χ4n) is 3.45. The summed E-state index contributed by atoms with van der Waals surface area (Å²) < 4.78 is 4.83. The molecule has 1 aliphatic rings. The molecule has 4 nitrogen and oxygen atoms in total. The Morgan fingerprint density at radius 2 is 1.40 bits per heavy atom. The highest BCUT2D eigenvalue weighted by Crippen LogP contribution is 2.29. The van der Waals surface area contributed by atoms with Gasteiger partial charge in [0.15, 0.2) is 0 Å². The van der Waals surface area contributed by atoms with E-state index in [1.165, 1.54) is 7.11 Å². The van der Waals surface area contributed by atoms with Gasteiger partial charge in [-0.25, -0.2) is 0 Å². The number of hydrogen-bond acceptors (Lipinski definition) is 3. The van der Waals surface area contributed by atoms with Crippen LogP contribution in [0.5, 0.6) is 0 Å². The minimum Gasteiger partial charge on any atom is -0.469 e. The Morgan fingerprint density at radius 3 is 1.84 bits per heavy atom. The molecule has 1 fully saturated rings. The van der Waals surface area contributed by atoms with Gasteiger partial charge in [-0.2, -0.15) is 0 Å². The van der Waals surface area contributed by atoms with Crippen LogP contribution in [0, 0.1) is 5.92 Å². The summed E-state index contributed by atoms with van der Waals surface area (Å²) in [5.74, 6) is -0.478. The van der Waals surface area contributed by atoms with Gasteiger partial charge in [0.1, 0.15) is 0 Å². The van der Waals surface area contributed by atoms with Gasteiger partial charge in [0.2, 0.25) is 5.91 Å². The Kier molecular flexibility index (Phi) is 5.49. The molecule has 2 aromatic carbocycles. The second-order valence-electron chi connectivity index (χ2n) is 6.38. The average Bonchev–Trinajstić information content (AvgIpc) is 2.69. The number of ether oxygens (including phenoxy) is 1. The normalized spacial score (nSPS) is 15.2. The van der Waals surface area contributed by atoms with E-state index in [1.807, 2.05) is 65.6 Å². The predicted octanol–water partition coefficient (Wildman–Crippen LogP) is 3.23. The zero-order chi connectivity index (χ0) is 17.6. The fraction of sp³-hybridized carbons (Fsp3) is 0.333. The van der Waals surface area contributed by atoms with Crippen molar-refractivity contribution in [2.45, 2.75) is 18.8 Å². The lowest BCUT2D eigenvalue weighted by Gasteiger charge is -2.33. The maximum Gasteiger partial charge on any atom is 0.308 e. The fourth-order valence-corrected chi connectivity index (χ4v) is 3.45. The lowest BCUT2D eigenvalue weighted by atomic mass is 9.88. The zero-order valence-electron chi connectivity index (χ0n) is 14.4. The first-order valence-electron chi connectivity index (χ1n) is 8.67. The molecule has 0 spiro atoms. The smallest absolute Gasteiger partial charge is 0.308 e. The van der Waals surface area contributed by atoms with Crippen LogP contribution in [0.4, 0.5) is 0 Å². The number of methoxy groups -OCH3 is 1. The molecular weight excluding hydrogens is 314 g/mol. The van der Waals surface area contributed by atoms with Crippen LogP contribution < -0.4 is 0 Å². The molecule has 0 radical (unpaired) electrons. The van der Waals surface area contributed by atoms with Crippen molar-refractivity contribution in [1.29, 1.82) is 0 Å². The third kappa shape index (κ3) is 3.90. The first-order chi connectivity index (χ1) is 12.2. The summed E-state index contributed by atoms with van der Waals surface area (Å²) in [6.45, 7) is 1.18. The highest BCUT2D eigenvalue weighted by Gasteiger charge is 2.32. The summed E-state index contributed by atoms with van der Waals surface area (Å²) in [4.78, 5) is 26.8. The number of likely N-dealkylation sites (tertiary alicyclic amines) is 1. The number of carbonyl (C=O) groups excluding carboxylic acids is 2. The maximum atomic E-state index is 13.3. The number of rotatable bonds is 4. The molecule has 0 aliphatic carbocycles. The summed E-state index contributed by atoms with van der Waals surface area (Å²) in [6, 6.07) is 19.7. The molecule has 4 heteroatoms. The number of amides is 1. The van der Waals surface area contributed by atoms with Crippen LogP contribution in [-0.2, 0) is 14.3 Å². The highest BCUT2D eigenvalue weighted by atomic mass is 16.5. The van der Waals surface area contributed by atoms with E-state index in [-0.39, 0.29) is 23.7 Å². The van der Waals surface area contributed by atoms with E-state index in [0.717, 1.165) is 11.1 Å². The van der Waals surface area contributed by atoms with E-state index in [4.69, 9.17) is 4.74 Å². The van der Waals surface area contributed by atoms with Crippen molar-refractivity contribution < 1.29 is 14.3 Å². The zero-order valence-corrected chi connectivity index (χ0v) is 14.4. The van der Waals surface area contributed by atoms with Gasteiger partial charge in [-0.05, 0) is 24.0 Å². The number of benzene rings is 2. The van der Waals surface area contributed by atoms with Crippen LogP contribution in [0.3, 0.4) is 0 Å². The van der Waals surface area contributed by atoms with Gasteiger partial charge in [0, 0.05) is 13.1 Å². The molecule has 1 amide bonds. The molecule has 0 saturated carbocycles. The van der Waals surface area contributed by atoms with Crippen molar-refractivity contribution in [3.8, 4) is 0 Å². The maximum absolute atomic E-state index is 13.3. The standard InChI is InChI=1S/C21H23NO3/c1-25-21(24)18-12-14-22(15-13-18)20(23)19(16-8-4-2-5-9-16)17-10-6-3-7-11-17/h2-11,18-19H,12-15H2,1H3. The molecule has 0 bridgehead atoms. The Balaban J connectivity index is 1.80. The van der Waals surface area contributed by atoms with E-state index < -0.39 is 0 Å². The van der Waals surface area contributed by atoms with Gasteiger partial charge < -0.3 is 9.64 Å². The minimum absolute atomic E-state index is 0.0963. The summed E-state index contributed by atoms with van der Waals surface area (Å²) in [5.41, 5.74) is 1.99. The van der Waals surface area contributed by atoms with E-state index in [2.05, 4.69) is 0 Å². The molecule has 2 aromatic rings. The van der Waals surface area contributed by atoms with Gasteiger partial charge in [-0.1, -0.05) is 60.7 Å². The second kappa shape index (κ2) is 7.97. The van der Waals surface area contributed by atoms with E-state index in [9.17, 15) is 9.59 Å². The number of piperidine rings is 1. The van der Waals surface area contributed by atoms with Crippen LogP contribution in [0.15, 0.2) is 60.7 Å². The Hall–Kier alpha value is -2.62. The molecule has 0 aromatic heterocycles. The third-order valence-corrected chi connectivity index (χ3v) is 4.85. The molecule has 0 N–H and O–H groups in total. The summed E-state index contributed by atoms with van der Waals surface area (Å²) >= 11 is 0. The Bertz CT molecular complexity index is 667. The molecule has 3 rings (SSSR count). The molecule has 25 heavy (non-hydrogen) atoms. The first kappa shape index (κ1) is 17.2. The van der Waals surface area contributed by atoms with Gasteiger partial charge in [-0.3, -0.25) is 9.59 Å². The van der Waals surface area contributed by atoms with Crippen LogP contribution in [0.1, 0.15) is 29.9 Å². The SMILES string of the molecule is COC(=O)C1CCN(C(=O)C(c2ccccc2)c2ccccc2)CC1. The third-order valence-electron chi connectivity index (χ3n) is 4.85. The first-order valence-corrected chi connectivity index (χ1v) is 8.67. The average molecular weight is 337 g/mol. The Labute approximate surface area is 148 Å². The number of carbonyl (C=O) groups is 2. The number of esters is 1. The van der Waals surface area contributed by atoms with Crippen molar-refractivity contribution in [2.24, 2.45) is 5.92 Å². The van der Waals surface area contributed by atoms with Crippen LogP contribution in [-0.4, -0.2) is 37.0 Å². The number of hydrogen-bond donors (Lipinski definition) is 0. The molecule has 1 saturated heterocycles. The van der Waals surface area contributed by atoms with Crippen molar-refractivity contribution in [1.82, 2.24) is 4.90 Å². The predicted molar refractivity (Wildman–Crippen MR) is 96.0 cm³/mol. The Morgan fingerprint density at radius 1 is 0.920 bits per heavy atom. The van der Waals surface area contributed by atoms with Gasteiger partial charge >= 0.3 is 5.97 Å². The van der Waals surface area contributed by atoms with Crippen LogP contribution in [0.2, 0.25) is 0 Å². The second-order valence-corrected chi connectivity index (χ2v) is 6.38. The molecule has 1 aliphatic heterocycles. The molecule has 130 valence electrons. The van der Waals surface area contributed by atoms with Crippen molar-refractivity contribution in [3.63, 3.8) is 0 Å². The van der Waals surface area contributed by atoms with Gasteiger partial charge in [0.05, 0.1) is 18.9 Å². The lowest BCUT2D eigenvalue weighted by Crippen LogP contribution is -2.43. The topological polar surface area (TPSA) is 46.6 Å². The van der Waals surface area contributed by atoms with E-state index >= 15 is 0 Å². The summed E-state index contributed by atoms with van der Waals surface area (Å²) in [7, 11) is 1.42. The van der Waals surface area contributed by atoms with E-state index in [0.29, 0.717) is 25.9 Å². The number of nitrogens with zero attached hydrogens (tertiary/aromatic N) is 1. The van der Waals surface area contributed by atoms with Gasteiger partial charge in [0.25, 0.3) is 0 Å². The van der Waals surface area contributed by atoms with Crippen LogP contribution in [0.25, 0.3) is 0 Å². The lowest BCUT2D eigenvalue weighted by molar-refractivity contribution is -0.149. The largest absolute Gasteiger partial charge is 0.469 e. The van der Waals surface area contributed by atoms with Crippen molar-refractivity contribution >= 4 is 11.9 Å². The quantitative estimate of drug-likeness (QED) is 0.805. The minimum atomic E-state index is -0.308. The summed E-state index contributed by atoms with van der Waals surface area (Å²) in [6.07, 6.45) is 1.32. The molecule has 0 unspecified atom stereocenters. The van der Waals surface area contributed by atoms with E-state index in [1.54, 1.807) is 0 Å². The van der Waals surface area contributed by atoms with Crippen molar-refractivity contribution in [3.05, 3.63) is 71.8 Å². The van der Waals surface area contributed by atoms with Gasteiger partial charge in [-0.15, -0.1) is 0 Å².